The molecule has 0 aliphatic heterocycles. The van der Waals surface area contributed by atoms with E-state index in [2.05, 4.69) is 10.1 Å². The predicted molar refractivity (Wildman–Crippen MR) is 92.5 cm³/mol. The van der Waals surface area contributed by atoms with E-state index in [4.69, 9.17) is 15.4 Å². The molecule has 9 heteroatoms. The molecule has 138 valence electrons. The van der Waals surface area contributed by atoms with E-state index in [1.54, 1.807) is 41.5 Å². The zero-order chi connectivity index (χ0) is 19.4. The number of nitrogens with zero attached hydrogens (tertiary/aromatic N) is 3. The van der Waals surface area contributed by atoms with E-state index in [9.17, 15) is 14.7 Å². The Morgan fingerprint density at radius 1 is 1.20 bits per heavy atom. The number of hydrazone groups is 1. The van der Waals surface area contributed by atoms with Gasteiger partial charge in [0.1, 0.15) is 11.3 Å². The van der Waals surface area contributed by atoms with Crippen LogP contribution in [0.1, 0.15) is 57.7 Å². The topological polar surface area (TPSA) is 127 Å². The monoisotopic (exact) mass is 352 g/mol. The first-order valence-corrected chi connectivity index (χ1v) is 7.54. The number of aromatic carboxylic acids is 1. The molecule has 3 N–H and O–H groups in total. The van der Waals surface area contributed by atoms with Crippen LogP contribution in [-0.2, 0) is 9.57 Å². The van der Waals surface area contributed by atoms with Crippen LogP contribution >= 0.6 is 0 Å². The van der Waals surface area contributed by atoms with Crippen LogP contribution in [0.5, 0.6) is 0 Å². The molecule has 0 aliphatic rings. The van der Waals surface area contributed by atoms with Gasteiger partial charge in [0.15, 0.2) is 5.69 Å². The lowest BCUT2D eigenvalue weighted by molar-refractivity contribution is -0.0358. The molecule has 1 heterocycles. The van der Waals surface area contributed by atoms with Gasteiger partial charge in [-0.15, -0.1) is 0 Å². The minimum atomic E-state index is -1.34. The third kappa shape index (κ3) is 6.38. The Morgan fingerprint density at radius 3 is 2.24 bits per heavy atom. The fraction of sp³-hybridized carbons (Fsp3) is 0.500. The van der Waals surface area contributed by atoms with Crippen molar-refractivity contribution in [3.8, 4) is 0 Å². The Balaban J connectivity index is 3.43. The van der Waals surface area contributed by atoms with Gasteiger partial charge < -0.3 is 15.7 Å². The van der Waals surface area contributed by atoms with Crippen molar-refractivity contribution in [2.45, 2.75) is 52.7 Å². The molecule has 0 radical (unpaired) electrons. The van der Waals surface area contributed by atoms with E-state index in [0.717, 1.165) is 5.06 Å². The quantitative estimate of drug-likeness (QED) is 0.484. The average molecular weight is 352 g/mol. The largest absolute Gasteiger partial charge is 0.476 e. The van der Waals surface area contributed by atoms with Crippen molar-refractivity contribution in [3.05, 3.63) is 23.5 Å². The van der Waals surface area contributed by atoms with Crippen LogP contribution in [0.15, 0.2) is 17.2 Å². The lowest BCUT2D eigenvalue weighted by Crippen LogP contribution is -2.42. The molecular formula is C16H24N4O5. The van der Waals surface area contributed by atoms with Gasteiger partial charge in [0.25, 0.3) is 0 Å². The van der Waals surface area contributed by atoms with Gasteiger partial charge in [0.2, 0.25) is 0 Å². The average Bonchev–Trinajstić information content (AvgIpc) is 2.42. The molecule has 0 aromatic carbocycles. The summed E-state index contributed by atoms with van der Waals surface area (Å²) in [5.41, 5.74) is -1.81. The summed E-state index contributed by atoms with van der Waals surface area (Å²) in [6.45, 7) is 10.2. The Hall–Kier alpha value is -2.68. The van der Waals surface area contributed by atoms with Crippen molar-refractivity contribution >= 4 is 24.0 Å². The number of ether oxygens (including phenoxy) is 1. The second kappa shape index (κ2) is 7.47. The first-order chi connectivity index (χ1) is 11.3. The number of hydrogen-bond acceptors (Lipinski definition) is 7. The maximum absolute atomic E-state index is 12.5. The summed E-state index contributed by atoms with van der Waals surface area (Å²) in [6, 6.07) is 2.84. The number of aromatic nitrogens is 1. The lowest BCUT2D eigenvalue weighted by Gasteiger charge is -2.31. The molecule has 9 nitrogen and oxygen atoms in total. The minimum absolute atomic E-state index is 0.0640. The highest BCUT2D eigenvalue weighted by Gasteiger charge is 2.32. The standard InChI is InChI=1S/C16H24N4O5/c1-15(2,3)24-14(23)20(25-16(4,5)6)11-8-7-10(9-18-17)19-12(11)13(21)22/h7-9H,17H2,1-6H3,(H,21,22)/b18-9+. The van der Waals surface area contributed by atoms with Gasteiger partial charge in [-0.1, -0.05) is 0 Å². The summed E-state index contributed by atoms with van der Waals surface area (Å²) in [5, 5.41) is 13.6. The van der Waals surface area contributed by atoms with Crippen molar-refractivity contribution in [1.82, 2.24) is 4.98 Å². The molecule has 1 amide bonds. The molecule has 1 aromatic heterocycles. The van der Waals surface area contributed by atoms with E-state index in [-0.39, 0.29) is 11.4 Å². The van der Waals surface area contributed by atoms with Gasteiger partial charge in [-0.25, -0.2) is 14.6 Å². The summed E-state index contributed by atoms with van der Waals surface area (Å²) >= 11 is 0. The van der Waals surface area contributed by atoms with Crippen molar-refractivity contribution in [1.29, 1.82) is 0 Å². The predicted octanol–water partition coefficient (Wildman–Crippen LogP) is 2.54. The molecule has 1 aromatic rings. The van der Waals surface area contributed by atoms with Gasteiger partial charge in [-0.05, 0) is 53.7 Å². The number of pyridine rings is 1. The van der Waals surface area contributed by atoms with Crippen LogP contribution in [-0.4, -0.2) is 39.6 Å². The molecule has 0 bridgehead atoms. The van der Waals surface area contributed by atoms with Crippen molar-refractivity contribution < 1.29 is 24.3 Å². The smallest absolute Gasteiger partial charge is 0.439 e. The fourth-order valence-corrected chi connectivity index (χ4v) is 1.70. The number of carboxylic acid groups (broad SMARTS) is 1. The molecular weight excluding hydrogens is 328 g/mol. The molecule has 0 aliphatic carbocycles. The van der Waals surface area contributed by atoms with Crippen LogP contribution in [0.2, 0.25) is 0 Å². The number of carbonyl (C=O) groups is 2. The summed E-state index contributed by atoms with van der Waals surface area (Å²) in [4.78, 5) is 33.7. The van der Waals surface area contributed by atoms with Gasteiger partial charge >= 0.3 is 12.1 Å². The Labute approximate surface area is 146 Å². The second-order valence-electron chi connectivity index (χ2n) is 7.17. The fourth-order valence-electron chi connectivity index (χ4n) is 1.70. The number of rotatable bonds is 4. The number of amides is 1. The molecule has 0 fully saturated rings. The van der Waals surface area contributed by atoms with E-state index < -0.39 is 29.0 Å². The number of nitrogens with two attached hydrogens (primary N) is 1. The zero-order valence-corrected chi connectivity index (χ0v) is 15.2. The van der Waals surface area contributed by atoms with Crippen LogP contribution in [0.25, 0.3) is 0 Å². The normalized spacial score (nSPS) is 12.2. The molecule has 0 unspecified atom stereocenters. The SMILES string of the molecule is CC(C)(C)OC(=O)N(OC(C)(C)C)c1ccc(/C=N/N)nc1C(=O)O. The first-order valence-electron chi connectivity index (χ1n) is 7.54. The summed E-state index contributed by atoms with van der Waals surface area (Å²) in [5.74, 6) is 3.72. The highest BCUT2D eigenvalue weighted by molar-refractivity contribution is 5.98. The first kappa shape index (κ1) is 20.4. The summed E-state index contributed by atoms with van der Waals surface area (Å²) in [6.07, 6.45) is 0.338. The summed E-state index contributed by atoms with van der Waals surface area (Å²) in [7, 11) is 0. The van der Waals surface area contributed by atoms with E-state index in [1.807, 2.05) is 0 Å². The minimum Gasteiger partial charge on any atom is -0.476 e. The van der Waals surface area contributed by atoms with Crippen molar-refractivity contribution in [3.63, 3.8) is 0 Å². The van der Waals surface area contributed by atoms with Crippen molar-refractivity contribution in [2.75, 3.05) is 5.06 Å². The molecule has 0 saturated carbocycles. The van der Waals surface area contributed by atoms with Gasteiger partial charge in [-0.3, -0.25) is 4.84 Å². The third-order valence-electron chi connectivity index (χ3n) is 2.45. The van der Waals surface area contributed by atoms with E-state index >= 15 is 0 Å². The van der Waals surface area contributed by atoms with E-state index in [0.29, 0.717) is 0 Å². The van der Waals surface area contributed by atoms with Gasteiger partial charge in [0.05, 0.1) is 17.5 Å². The van der Waals surface area contributed by atoms with Crippen LogP contribution in [0, 0.1) is 0 Å². The van der Waals surface area contributed by atoms with Gasteiger partial charge in [0, 0.05) is 0 Å². The Kier molecular flexibility index (Phi) is 6.09. The molecule has 0 spiro atoms. The van der Waals surface area contributed by atoms with Gasteiger partial charge in [-0.2, -0.15) is 10.2 Å². The van der Waals surface area contributed by atoms with Crippen molar-refractivity contribution in [2.24, 2.45) is 10.9 Å². The number of anilines is 1. The van der Waals surface area contributed by atoms with Crippen LogP contribution < -0.4 is 10.9 Å². The van der Waals surface area contributed by atoms with E-state index in [1.165, 1.54) is 18.3 Å². The highest BCUT2D eigenvalue weighted by Crippen LogP contribution is 2.26. The lowest BCUT2D eigenvalue weighted by atomic mass is 10.2. The zero-order valence-electron chi connectivity index (χ0n) is 15.2. The molecule has 0 saturated heterocycles. The number of hydroxylamine groups is 1. The maximum atomic E-state index is 12.5. The number of carbonyl (C=O) groups excluding carboxylic acids is 1. The summed E-state index contributed by atoms with van der Waals surface area (Å²) < 4.78 is 5.31. The highest BCUT2D eigenvalue weighted by atomic mass is 16.7. The second-order valence-corrected chi connectivity index (χ2v) is 7.17. The number of hydrogen-bond donors (Lipinski definition) is 2. The number of carboxylic acids is 1. The molecule has 0 atom stereocenters. The molecule has 25 heavy (non-hydrogen) atoms. The Bertz CT molecular complexity index is 674. The Morgan fingerprint density at radius 2 is 1.80 bits per heavy atom. The van der Waals surface area contributed by atoms with Crippen LogP contribution in [0.4, 0.5) is 10.5 Å². The molecule has 1 rings (SSSR count). The van der Waals surface area contributed by atoms with Crippen LogP contribution in [0.3, 0.4) is 0 Å². The third-order valence-corrected chi connectivity index (χ3v) is 2.45. The maximum Gasteiger partial charge on any atom is 0.439 e.